The number of piperidine rings is 2. The van der Waals surface area contributed by atoms with Crippen molar-refractivity contribution in [3.63, 3.8) is 0 Å². The molecule has 2 atom stereocenters. The molecule has 186 valence electrons. The Morgan fingerprint density at radius 2 is 1.49 bits per heavy atom. The van der Waals surface area contributed by atoms with Crippen molar-refractivity contribution >= 4 is 17.5 Å². The molecule has 2 amide bonds. The molecule has 5 rings (SSSR count). The number of ether oxygens (including phenoxy) is 4. The highest BCUT2D eigenvalue weighted by atomic mass is 16.7. The van der Waals surface area contributed by atoms with E-state index in [1.807, 2.05) is 53.4 Å². The number of amides is 2. The Balaban J connectivity index is 1.46. The Labute approximate surface area is 205 Å². The zero-order valence-electron chi connectivity index (χ0n) is 20.3. The van der Waals surface area contributed by atoms with Crippen LogP contribution in [0.4, 0.5) is 5.69 Å². The van der Waals surface area contributed by atoms with Crippen LogP contribution in [0.5, 0.6) is 11.5 Å². The molecule has 0 saturated carbocycles. The number of hydrogen-bond acceptors (Lipinski definition) is 6. The van der Waals surface area contributed by atoms with E-state index in [0.29, 0.717) is 57.7 Å². The molecule has 0 bridgehead atoms. The molecule has 0 N–H and O–H groups in total. The molecule has 2 aromatic carbocycles. The van der Waals surface area contributed by atoms with Gasteiger partial charge in [-0.3, -0.25) is 9.59 Å². The molecule has 0 unspecified atom stereocenters. The first-order valence-corrected chi connectivity index (χ1v) is 12.2. The van der Waals surface area contributed by atoms with E-state index in [0.717, 1.165) is 17.0 Å². The number of methoxy groups -OCH3 is 2. The Hall–Kier alpha value is -3.10. The predicted octanol–water partition coefficient (Wildman–Crippen LogP) is 3.55. The lowest BCUT2D eigenvalue weighted by Gasteiger charge is -2.44. The van der Waals surface area contributed by atoms with Crippen molar-refractivity contribution in [3.05, 3.63) is 54.1 Å². The fraction of sp³-hybridized carbons (Fsp3) is 0.481. The van der Waals surface area contributed by atoms with Crippen LogP contribution in [0.2, 0.25) is 0 Å². The molecular weight excluding hydrogens is 448 g/mol. The van der Waals surface area contributed by atoms with E-state index < -0.39 is 11.8 Å². The SMILES string of the molecule is COc1ccc([C@H]2[C@H](C(=O)N3CCC4(CC3)OCCO4)CCC(=O)N2c2ccc(OC)cc2)cc1. The average molecular weight is 481 g/mol. The van der Waals surface area contributed by atoms with Crippen molar-refractivity contribution in [1.82, 2.24) is 4.90 Å². The zero-order chi connectivity index (χ0) is 24.4. The minimum Gasteiger partial charge on any atom is -0.497 e. The van der Waals surface area contributed by atoms with E-state index in [1.165, 1.54) is 0 Å². The van der Waals surface area contributed by atoms with Gasteiger partial charge < -0.3 is 28.7 Å². The summed E-state index contributed by atoms with van der Waals surface area (Å²) in [5.41, 5.74) is 1.66. The van der Waals surface area contributed by atoms with Crippen molar-refractivity contribution in [2.75, 3.05) is 45.4 Å². The summed E-state index contributed by atoms with van der Waals surface area (Å²) < 4.78 is 22.3. The standard InChI is InChI=1S/C27H32N2O6/c1-32-21-7-3-19(4-8-21)25-23(26(31)28-15-13-27(14-16-28)34-17-18-35-27)11-12-24(30)29(25)20-5-9-22(33-2)10-6-20/h3-10,23,25H,11-18H2,1-2H3/t23-,25+/m1/s1. The first-order valence-electron chi connectivity index (χ1n) is 12.2. The third kappa shape index (κ3) is 4.60. The van der Waals surface area contributed by atoms with Gasteiger partial charge in [0.15, 0.2) is 5.79 Å². The van der Waals surface area contributed by atoms with Crippen LogP contribution in [0.25, 0.3) is 0 Å². The number of carbonyl (C=O) groups excluding carboxylic acids is 2. The number of likely N-dealkylation sites (tertiary alicyclic amines) is 1. The molecule has 0 aliphatic carbocycles. The lowest BCUT2D eigenvalue weighted by molar-refractivity contribution is -0.188. The number of hydrogen-bond donors (Lipinski definition) is 0. The lowest BCUT2D eigenvalue weighted by Crippen LogP contribution is -2.53. The highest BCUT2D eigenvalue weighted by Crippen LogP contribution is 2.42. The topological polar surface area (TPSA) is 77.5 Å². The predicted molar refractivity (Wildman–Crippen MR) is 129 cm³/mol. The molecule has 3 fully saturated rings. The first-order chi connectivity index (χ1) is 17.0. The Bertz CT molecular complexity index is 1040. The third-order valence-corrected chi connectivity index (χ3v) is 7.37. The van der Waals surface area contributed by atoms with Gasteiger partial charge in [-0.25, -0.2) is 0 Å². The number of rotatable bonds is 5. The second-order valence-corrected chi connectivity index (χ2v) is 9.26. The molecule has 3 saturated heterocycles. The average Bonchev–Trinajstić information content (AvgIpc) is 3.36. The van der Waals surface area contributed by atoms with Crippen LogP contribution >= 0.6 is 0 Å². The molecule has 3 aliphatic rings. The summed E-state index contributed by atoms with van der Waals surface area (Å²) in [6.45, 7) is 2.38. The number of benzene rings is 2. The maximum Gasteiger partial charge on any atom is 0.228 e. The molecule has 0 radical (unpaired) electrons. The summed E-state index contributed by atoms with van der Waals surface area (Å²) in [4.78, 5) is 30.9. The van der Waals surface area contributed by atoms with Crippen molar-refractivity contribution in [2.45, 2.75) is 37.5 Å². The monoisotopic (exact) mass is 480 g/mol. The van der Waals surface area contributed by atoms with Gasteiger partial charge >= 0.3 is 0 Å². The minimum absolute atomic E-state index is 0.00499. The van der Waals surface area contributed by atoms with Gasteiger partial charge in [-0.15, -0.1) is 0 Å². The molecule has 3 aliphatic heterocycles. The second-order valence-electron chi connectivity index (χ2n) is 9.26. The normalized spacial score (nSPS) is 24.0. The number of carbonyl (C=O) groups is 2. The van der Waals surface area contributed by atoms with Crippen molar-refractivity contribution in [2.24, 2.45) is 5.92 Å². The summed E-state index contributed by atoms with van der Waals surface area (Å²) in [7, 11) is 3.23. The summed E-state index contributed by atoms with van der Waals surface area (Å²) in [5, 5.41) is 0. The fourth-order valence-corrected chi connectivity index (χ4v) is 5.47. The Kier molecular flexibility index (Phi) is 6.67. The van der Waals surface area contributed by atoms with Crippen LogP contribution in [0, 0.1) is 5.92 Å². The molecule has 8 heteroatoms. The summed E-state index contributed by atoms with van der Waals surface area (Å²) in [6.07, 6.45) is 2.16. The van der Waals surface area contributed by atoms with Gasteiger partial charge in [-0.1, -0.05) is 12.1 Å². The van der Waals surface area contributed by atoms with Crippen LogP contribution < -0.4 is 14.4 Å². The Morgan fingerprint density at radius 3 is 2.06 bits per heavy atom. The van der Waals surface area contributed by atoms with Gasteiger partial charge in [0.05, 0.1) is 39.4 Å². The van der Waals surface area contributed by atoms with Crippen molar-refractivity contribution < 1.29 is 28.5 Å². The van der Waals surface area contributed by atoms with Crippen LogP contribution in [-0.2, 0) is 19.1 Å². The Morgan fingerprint density at radius 1 is 0.914 bits per heavy atom. The number of anilines is 1. The molecule has 1 spiro atoms. The summed E-state index contributed by atoms with van der Waals surface area (Å²) in [5.74, 6) is 0.625. The molecule has 8 nitrogen and oxygen atoms in total. The fourth-order valence-electron chi connectivity index (χ4n) is 5.47. The van der Waals surface area contributed by atoms with Crippen molar-refractivity contribution in [3.8, 4) is 11.5 Å². The molecule has 3 heterocycles. The quantitative estimate of drug-likeness (QED) is 0.651. The lowest BCUT2D eigenvalue weighted by atomic mass is 9.82. The van der Waals surface area contributed by atoms with Crippen molar-refractivity contribution in [1.29, 1.82) is 0 Å². The second kappa shape index (κ2) is 9.87. The maximum atomic E-state index is 13.9. The third-order valence-electron chi connectivity index (χ3n) is 7.37. The smallest absolute Gasteiger partial charge is 0.228 e. The highest BCUT2D eigenvalue weighted by molar-refractivity contribution is 5.97. The van der Waals surface area contributed by atoms with E-state index in [1.54, 1.807) is 19.1 Å². The van der Waals surface area contributed by atoms with Gasteiger partial charge in [-0.05, 0) is 48.4 Å². The molecule has 0 aromatic heterocycles. The number of nitrogens with zero attached hydrogens (tertiary/aromatic N) is 2. The maximum absolute atomic E-state index is 13.9. The van der Waals surface area contributed by atoms with Gasteiger partial charge in [0.2, 0.25) is 11.8 Å². The summed E-state index contributed by atoms with van der Waals surface area (Å²) in [6, 6.07) is 14.7. The van der Waals surface area contributed by atoms with Crippen LogP contribution in [-0.4, -0.2) is 63.0 Å². The van der Waals surface area contributed by atoms with E-state index in [-0.39, 0.29) is 17.7 Å². The zero-order valence-corrected chi connectivity index (χ0v) is 20.3. The minimum atomic E-state index is -0.538. The first kappa shape index (κ1) is 23.6. The van der Waals surface area contributed by atoms with Crippen LogP contribution in [0.3, 0.4) is 0 Å². The van der Waals surface area contributed by atoms with Gasteiger partial charge in [0.25, 0.3) is 0 Å². The van der Waals surface area contributed by atoms with E-state index in [4.69, 9.17) is 18.9 Å². The van der Waals surface area contributed by atoms with Gasteiger partial charge in [-0.2, -0.15) is 0 Å². The molecular formula is C27H32N2O6. The van der Waals surface area contributed by atoms with Gasteiger partial charge in [0.1, 0.15) is 11.5 Å². The molecule has 35 heavy (non-hydrogen) atoms. The van der Waals surface area contributed by atoms with E-state index in [9.17, 15) is 9.59 Å². The largest absolute Gasteiger partial charge is 0.497 e. The van der Waals surface area contributed by atoms with E-state index in [2.05, 4.69) is 0 Å². The van der Waals surface area contributed by atoms with Crippen LogP contribution in [0.1, 0.15) is 37.3 Å². The van der Waals surface area contributed by atoms with Crippen LogP contribution in [0.15, 0.2) is 48.5 Å². The van der Waals surface area contributed by atoms with E-state index >= 15 is 0 Å². The molecule has 2 aromatic rings. The van der Waals surface area contributed by atoms with Gasteiger partial charge in [0, 0.05) is 38.0 Å². The summed E-state index contributed by atoms with van der Waals surface area (Å²) >= 11 is 0. The highest BCUT2D eigenvalue weighted by Gasteiger charge is 2.46.